The number of likely N-dealkylation sites (tertiary alicyclic amines) is 1. The Balaban J connectivity index is 1.55. The molecule has 2 saturated heterocycles. The molecule has 0 aromatic rings. The summed E-state index contributed by atoms with van der Waals surface area (Å²) in [6.45, 7) is 6.59. The van der Waals surface area contributed by atoms with Gasteiger partial charge in [-0.15, -0.1) is 0 Å². The number of morpholine rings is 1. The van der Waals surface area contributed by atoms with E-state index in [1.54, 1.807) is 0 Å². The van der Waals surface area contributed by atoms with Gasteiger partial charge in [-0.25, -0.2) is 0 Å². The molecule has 3 aliphatic rings. The fourth-order valence-electron chi connectivity index (χ4n) is 4.36. The van der Waals surface area contributed by atoms with Gasteiger partial charge in [-0.2, -0.15) is 0 Å². The van der Waals surface area contributed by atoms with Gasteiger partial charge in [0.1, 0.15) is 0 Å². The normalized spacial score (nSPS) is 39.5. The van der Waals surface area contributed by atoms with Crippen LogP contribution >= 0.6 is 0 Å². The third-order valence-corrected chi connectivity index (χ3v) is 5.23. The van der Waals surface area contributed by atoms with E-state index in [0.29, 0.717) is 6.04 Å². The van der Waals surface area contributed by atoms with E-state index in [4.69, 9.17) is 4.74 Å². The number of fused-ring (bicyclic) bond motifs is 1. The van der Waals surface area contributed by atoms with Gasteiger partial charge in [0.05, 0.1) is 13.2 Å². The summed E-state index contributed by atoms with van der Waals surface area (Å²) < 4.78 is 5.58. The predicted octanol–water partition coefficient (Wildman–Crippen LogP) is 2.02. The van der Waals surface area contributed by atoms with E-state index in [1.807, 2.05) is 0 Å². The molecule has 1 N–H and O–H groups in total. The zero-order valence-corrected chi connectivity index (χ0v) is 11.7. The van der Waals surface area contributed by atoms with Crippen LogP contribution in [0.25, 0.3) is 0 Å². The Bertz CT molecular complexity index is 265. The van der Waals surface area contributed by atoms with Gasteiger partial charge in [-0.3, -0.25) is 4.90 Å². The molecule has 1 saturated carbocycles. The van der Waals surface area contributed by atoms with E-state index in [0.717, 1.165) is 37.8 Å². The van der Waals surface area contributed by atoms with Crippen molar-refractivity contribution in [1.82, 2.24) is 10.2 Å². The second-order valence-corrected chi connectivity index (χ2v) is 6.45. The average Bonchev–Trinajstić information content (AvgIpc) is 2.87. The van der Waals surface area contributed by atoms with Crippen molar-refractivity contribution in [2.45, 2.75) is 63.6 Å². The Morgan fingerprint density at radius 3 is 3.00 bits per heavy atom. The molecular weight excluding hydrogens is 224 g/mol. The van der Waals surface area contributed by atoms with E-state index in [1.165, 1.54) is 45.1 Å². The maximum absolute atomic E-state index is 5.58. The first-order valence-electron chi connectivity index (χ1n) is 7.91. The lowest BCUT2D eigenvalue weighted by atomic mass is 9.90. The van der Waals surface area contributed by atoms with Gasteiger partial charge >= 0.3 is 0 Å². The zero-order valence-electron chi connectivity index (χ0n) is 11.7. The SMILES string of the molecule is CC(CC1COCCN1)N1CCCC2CCCC21. The molecule has 2 aliphatic heterocycles. The molecule has 1 aliphatic carbocycles. The summed E-state index contributed by atoms with van der Waals surface area (Å²) in [5.74, 6) is 1.01. The largest absolute Gasteiger partial charge is 0.379 e. The van der Waals surface area contributed by atoms with E-state index in [9.17, 15) is 0 Å². The second-order valence-electron chi connectivity index (χ2n) is 6.45. The van der Waals surface area contributed by atoms with Crippen LogP contribution in [-0.4, -0.2) is 49.3 Å². The Labute approximate surface area is 111 Å². The molecule has 3 fully saturated rings. The van der Waals surface area contributed by atoms with Gasteiger partial charge in [0.2, 0.25) is 0 Å². The fourth-order valence-corrected chi connectivity index (χ4v) is 4.36. The molecule has 0 amide bonds. The molecule has 0 aromatic carbocycles. The second kappa shape index (κ2) is 5.89. The molecule has 3 rings (SSSR count). The van der Waals surface area contributed by atoms with Crippen molar-refractivity contribution in [3.05, 3.63) is 0 Å². The van der Waals surface area contributed by atoms with E-state index in [-0.39, 0.29) is 0 Å². The first kappa shape index (κ1) is 12.9. The van der Waals surface area contributed by atoms with E-state index >= 15 is 0 Å². The third kappa shape index (κ3) is 2.73. The number of ether oxygens (including phenoxy) is 1. The highest BCUT2D eigenvalue weighted by Crippen LogP contribution is 2.38. The van der Waals surface area contributed by atoms with Gasteiger partial charge < -0.3 is 10.1 Å². The predicted molar refractivity (Wildman–Crippen MR) is 73.8 cm³/mol. The van der Waals surface area contributed by atoms with Crippen molar-refractivity contribution in [3.8, 4) is 0 Å². The molecule has 104 valence electrons. The molecule has 2 heterocycles. The van der Waals surface area contributed by atoms with Crippen LogP contribution in [0.2, 0.25) is 0 Å². The van der Waals surface area contributed by atoms with Gasteiger partial charge in [0.15, 0.2) is 0 Å². The first-order valence-corrected chi connectivity index (χ1v) is 7.91. The average molecular weight is 252 g/mol. The van der Waals surface area contributed by atoms with E-state index < -0.39 is 0 Å². The van der Waals surface area contributed by atoms with Crippen molar-refractivity contribution < 1.29 is 4.74 Å². The lowest BCUT2D eigenvalue weighted by Crippen LogP contribution is -2.51. The molecule has 0 bridgehead atoms. The molecule has 18 heavy (non-hydrogen) atoms. The lowest BCUT2D eigenvalue weighted by Gasteiger charge is -2.43. The van der Waals surface area contributed by atoms with Crippen LogP contribution in [0.15, 0.2) is 0 Å². The van der Waals surface area contributed by atoms with Crippen LogP contribution in [0.3, 0.4) is 0 Å². The number of rotatable bonds is 3. The van der Waals surface area contributed by atoms with Crippen LogP contribution in [0, 0.1) is 5.92 Å². The Kier molecular flexibility index (Phi) is 4.22. The molecular formula is C15H28N2O. The first-order chi connectivity index (χ1) is 8.84. The standard InChI is InChI=1S/C15H28N2O/c1-12(10-14-11-18-9-7-16-14)17-8-3-5-13-4-2-6-15(13)17/h12-16H,2-11H2,1H3. The molecule has 3 heteroatoms. The summed E-state index contributed by atoms with van der Waals surface area (Å²) >= 11 is 0. The number of nitrogens with one attached hydrogen (secondary N) is 1. The molecule has 4 unspecified atom stereocenters. The quantitative estimate of drug-likeness (QED) is 0.831. The highest BCUT2D eigenvalue weighted by atomic mass is 16.5. The molecule has 0 radical (unpaired) electrons. The highest BCUT2D eigenvalue weighted by molar-refractivity contribution is 4.92. The van der Waals surface area contributed by atoms with Crippen molar-refractivity contribution in [3.63, 3.8) is 0 Å². The minimum atomic E-state index is 0.579. The number of piperidine rings is 1. The van der Waals surface area contributed by atoms with Gasteiger partial charge in [0.25, 0.3) is 0 Å². The molecule has 3 nitrogen and oxygen atoms in total. The number of nitrogens with zero attached hydrogens (tertiary/aromatic N) is 1. The van der Waals surface area contributed by atoms with Gasteiger partial charge in [-0.05, 0) is 51.5 Å². The Morgan fingerprint density at radius 2 is 2.17 bits per heavy atom. The van der Waals surface area contributed by atoms with Crippen LogP contribution in [0.4, 0.5) is 0 Å². The fraction of sp³-hybridized carbons (Fsp3) is 1.00. The van der Waals surface area contributed by atoms with Gasteiger partial charge in [0, 0.05) is 24.7 Å². The monoisotopic (exact) mass is 252 g/mol. The smallest absolute Gasteiger partial charge is 0.0620 e. The molecule has 0 spiro atoms. The van der Waals surface area contributed by atoms with Crippen LogP contribution in [-0.2, 0) is 4.74 Å². The summed E-state index contributed by atoms with van der Waals surface area (Å²) in [7, 11) is 0. The van der Waals surface area contributed by atoms with E-state index in [2.05, 4.69) is 17.1 Å². The third-order valence-electron chi connectivity index (χ3n) is 5.23. The zero-order chi connectivity index (χ0) is 12.4. The number of hydrogen-bond donors (Lipinski definition) is 1. The Hall–Kier alpha value is -0.120. The van der Waals surface area contributed by atoms with Crippen LogP contribution in [0.5, 0.6) is 0 Å². The summed E-state index contributed by atoms with van der Waals surface area (Å²) in [5, 5.41) is 3.60. The summed E-state index contributed by atoms with van der Waals surface area (Å²) in [6, 6.07) is 2.20. The van der Waals surface area contributed by atoms with Crippen LogP contribution < -0.4 is 5.32 Å². The lowest BCUT2D eigenvalue weighted by molar-refractivity contribution is 0.0370. The van der Waals surface area contributed by atoms with Crippen molar-refractivity contribution in [2.75, 3.05) is 26.3 Å². The van der Waals surface area contributed by atoms with Crippen LogP contribution in [0.1, 0.15) is 45.4 Å². The minimum Gasteiger partial charge on any atom is -0.379 e. The minimum absolute atomic E-state index is 0.579. The highest BCUT2D eigenvalue weighted by Gasteiger charge is 2.37. The molecule has 4 atom stereocenters. The maximum atomic E-state index is 5.58. The summed E-state index contributed by atoms with van der Waals surface area (Å²) in [4.78, 5) is 2.82. The Morgan fingerprint density at radius 1 is 1.28 bits per heavy atom. The van der Waals surface area contributed by atoms with Gasteiger partial charge in [-0.1, -0.05) is 6.42 Å². The maximum Gasteiger partial charge on any atom is 0.0620 e. The topological polar surface area (TPSA) is 24.5 Å². The molecule has 0 aromatic heterocycles. The summed E-state index contributed by atoms with van der Waals surface area (Å²) in [6.07, 6.45) is 8.55. The van der Waals surface area contributed by atoms with Crippen molar-refractivity contribution >= 4 is 0 Å². The van der Waals surface area contributed by atoms with Crippen molar-refractivity contribution in [1.29, 1.82) is 0 Å². The summed E-state index contributed by atoms with van der Waals surface area (Å²) in [5.41, 5.74) is 0. The van der Waals surface area contributed by atoms with Crippen molar-refractivity contribution in [2.24, 2.45) is 5.92 Å². The number of hydrogen-bond acceptors (Lipinski definition) is 3.